The average Bonchev–Trinajstić information content (AvgIpc) is 2.82. The number of hydrogen-bond acceptors (Lipinski definition) is 4. The summed E-state index contributed by atoms with van der Waals surface area (Å²) in [5.74, 6) is -0.00334. The quantitative estimate of drug-likeness (QED) is 0.871. The van der Waals surface area contributed by atoms with Crippen LogP contribution in [-0.4, -0.2) is 37.7 Å². The molecular formula is C17H24N3O2S+. The van der Waals surface area contributed by atoms with Crippen LogP contribution < -0.4 is 10.2 Å². The minimum atomic E-state index is -0.00334. The number of nitrogens with one attached hydrogen (secondary N) is 2. The maximum absolute atomic E-state index is 12.4. The molecule has 124 valence electrons. The number of nitrogens with zero attached hydrogens (tertiary/aromatic N) is 1. The van der Waals surface area contributed by atoms with Gasteiger partial charge in [0.15, 0.2) is 6.54 Å². The van der Waals surface area contributed by atoms with Gasteiger partial charge in [-0.2, -0.15) is 5.26 Å². The van der Waals surface area contributed by atoms with Gasteiger partial charge in [-0.3, -0.25) is 4.79 Å². The van der Waals surface area contributed by atoms with Crippen molar-refractivity contribution in [3.05, 3.63) is 16.0 Å². The normalized spacial score (nSPS) is 27.1. The molecule has 3 rings (SSSR count). The molecule has 2 atom stereocenters. The Morgan fingerprint density at radius 2 is 2.04 bits per heavy atom. The first-order valence-corrected chi connectivity index (χ1v) is 9.22. The molecule has 0 saturated carbocycles. The second-order valence-electron chi connectivity index (χ2n) is 6.67. The lowest BCUT2D eigenvalue weighted by Crippen LogP contribution is -3.16. The lowest BCUT2D eigenvalue weighted by Gasteiger charge is -2.31. The number of thiophene rings is 1. The monoisotopic (exact) mass is 334 g/mol. The number of morpholine rings is 1. The van der Waals surface area contributed by atoms with Gasteiger partial charge in [0.25, 0.3) is 5.91 Å². The van der Waals surface area contributed by atoms with E-state index in [1.165, 1.54) is 21.8 Å². The molecule has 1 aliphatic heterocycles. The van der Waals surface area contributed by atoms with Crippen molar-refractivity contribution in [3.8, 4) is 6.07 Å². The van der Waals surface area contributed by atoms with Crippen molar-refractivity contribution in [1.82, 2.24) is 0 Å². The first-order chi connectivity index (χ1) is 11.1. The second-order valence-corrected chi connectivity index (χ2v) is 7.77. The van der Waals surface area contributed by atoms with Gasteiger partial charge >= 0.3 is 0 Å². The van der Waals surface area contributed by atoms with Crippen LogP contribution >= 0.6 is 11.3 Å². The maximum atomic E-state index is 12.4. The highest BCUT2D eigenvalue weighted by atomic mass is 32.1. The number of aryl methyl sites for hydroxylation is 1. The molecule has 1 aromatic rings. The van der Waals surface area contributed by atoms with Gasteiger partial charge in [-0.1, -0.05) is 0 Å². The van der Waals surface area contributed by atoms with Crippen LogP contribution in [0.25, 0.3) is 0 Å². The van der Waals surface area contributed by atoms with Crippen molar-refractivity contribution in [1.29, 1.82) is 5.26 Å². The average molecular weight is 334 g/mol. The van der Waals surface area contributed by atoms with E-state index in [0.29, 0.717) is 12.1 Å². The fraction of sp³-hybridized carbons (Fsp3) is 0.647. The van der Waals surface area contributed by atoms with Crippen LogP contribution in [0.2, 0.25) is 0 Å². The molecule has 1 amide bonds. The smallest absolute Gasteiger partial charge is 0.280 e. The van der Waals surface area contributed by atoms with Crippen molar-refractivity contribution >= 4 is 22.2 Å². The molecular weight excluding hydrogens is 310 g/mol. The molecule has 0 bridgehead atoms. The van der Waals surface area contributed by atoms with Gasteiger partial charge in [0, 0.05) is 4.88 Å². The Morgan fingerprint density at radius 1 is 1.35 bits per heavy atom. The minimum absolute atomic E-state index is 0.00334. The van der Waals surface area contributed by atoms with Gasteiger partial charge in [-0.05, 0) is 45.1 Å². The summed E-state index contributed by atoms with van der Waals surface area (Å²) in [7, 11) is 0. The molecule has 1 aromatic heterocycles. The van der Waals surface area contributed by atoms with Gasteiger partial charge in [0.05, 0.1) is 5.56 Å². The zero-order valence-electron chi connectivity index (χ0n) is 13.8. The highest BCUT2D eigenvalue weighted by Gasteiger charge is 2.28. The van der Waals surface area contributed by atoms with E-state index < -0.39 is 0 Å². The van der Waals surface area contributed by atoms with Crippen LogP contribution in [0.15, 0.2) is 0 Å². The van der Waals surface area contributed by atoms with Crippen LogP contribution in [0.4, 0.5) is 5.00 Å². The molecule has 2 N–H and O–H groups in total. The third kappa shape index (κ3) is 3.74. The van der Waals surface area contributed by atoms with Crippen LogP contribution in [0.5, 0.6) is 0 Å². The lowest BCUT2D eigenvalue weighted by atomic mass is 9.96. The molecule has 5 nitrogen and oxygen atoms in total. The van der Waals surface area contributed by atoms with Crippen LogP contribution in [0.1, 0.15) is 42.7 Å². The summed E-state index contributed by atoms with van der Waals surface area (Å²) in [5, 5.41) is 13.2. The SMILES string of the molecule is C[C@H]1C[NH+](CC(=O)Nc2sc3c(c2C#N)CCCC3)C[C@H](C)O1. The highest BCUT2D eigenvalue weighted by Crippen LogP contribution is 2.37. The van der Waals surface area contributed by atoms with Crippen LogP contribution in [0, 0.1) is 11.3 Å². The molecule has 0 unspecified atom stereocenters. The molecule has 23 heavy (non-hydrogen) atoms. The van der Waals surface area contributed by atoms with E-state index in [1.54, 1.807) is 11.3 Å². The summed E-state index contributed by atoms with van der Waals surface area (Å²) in [6, 6.07) is 2.30. The molecule has 1 saturated heterocycles. The van der Waals surface area contributed by atoms with Crippen molar-refractivity contribution in [3.63, 3.8) is 0 Å². The maximum Gasteiger partial charge on any atom is 0.280 e. The Morgan fingerprint density at radius 3 is 2.74 bits per heavy atom. The molecule has 2 aliphatic rings. The van der Waals surface area contributed by atoms with Crippen molar-refractivity contribution in [2.75, 3.05) is 25.0 Å². The van der Waals surface area contributed by atoms with Gasteiger partial charge in [-0.25, -0.2) is 0 Å². The third-order valence-corrected chi connectivity index (χ3v) is 5.77. The predicted molar refractivity (Wildman–Crippen MR) is 89.9 cm³/mol. The topological polar surface area (TPSA) is 66.6 Å². The minimum Gasteiger partial charge on any atom is -0.364 e. The number of quaternary nitrogens is 1. The standard InChI is InChI=1S/C17H23N3O2S/c1-11-8-20(9-12(2)22-11)10-16(21)19-17-14(7-18)13-5-3-4-6-15(13)23-17/h11-12H,3-6,8-10H2,1-2H3,(H,19,21)/p+1/t11-,12-/m0/s1. The Balaban J connectivity index is 1.66. The molecule has 1 aliphatic carbocycles. The van der Waals surface area contributed by atoms with E-state index in [0.717, 1.165) is 37.4 Å². The number of carbonyl (C=O) groups excluding carboxylic acids is 1. The third-order valence-electron chi connectivity index (χ3n) is 4.56. The zero-order valence-corrected chi connectivity index (χ0v) is 14.6. The van der Waals surface area contributed by atoms with Crippen LogP contribution in [-0.2, 0) is 22.4 Å². The molecule has 2 heterocycles. The van der Waals surface area contributed by atoms with Gasteiger partial charge < -0.3 is 15.0 Å². The number of fused-ring (bicyclic) bond motifs is 1. The summed E-state index contributed by atoms with van der Waals surface area (Å²) < 4.78 is 5.71. The summed E-state index contributed by atoms with van der Waals surface area (Å²) in [6.07, 6.45) is 4.69. The van der Waals surface area contributed by atoms with E-state index >= 15 is 0 Å². The molecule has 6 heteroatoms. The molecule has 0 aromatic carbocycles. The number of nitriles is 1. The molecule has 0 spiro atoms. The fourth-order valence-corrected chi connectivity index (χ4v) is 4.96. The number of rotatable bonds is 3. The zero-order chi connectivity index (χ0) is 16.4. The largest absolute Gasteiger partial charge is 0.364 e. The van der Waals surface area contributed by atoms with Gasteiger partial charge in [0.2, 0.25) is 0 Å². The van der Waals surface area contributed by atoms with E-state index in [1.807, 2.05) is 0 Å². The van der Waals surface area contributed by atoms with Crippen molar-refractivity contribution in [2.24, 2.45) is 0 Å². The predicted octanol–water partition coefficient (Wildman–Crippen LogP) is 1.13. The molecule has 0 radical (unpaired) electrons. The van der Waals surface area contributed by atoms with E-state index in [9.17, 15) is 10.1 Å². The molecule has 1 fully saturated rings. The van der Waals surface area contributed by atoms with Crippen LogP contribution in [0.3, 0.4) is 0 Å². The van der Waals surface area contributed by atoms with E-state index in [4.69, 9.17) is 4.74 Å². The van der Waals surface area contributed by atoms with E-state index in [2.05, 4.69) is 25.2 Å². The Labute approximate surface area is 141 Å². The second kappa shape index (κ2) is 7.00. The summed E-state index contributed by atoms with van der Waals surface area (Å²) in [4.78, 5) is 14.9. The van der Waals surface area contributed by atoms with Crippen molar-refractivity contribution < 1.29 is 14.4 Å². The number of carbonyl (C=O) groups is 1. The summed E-state index contributed by atoms with van der Waals surface area (Å²) in [5.41, 5.74) is 1.86. The number of ether oxygens (including phenoxy) is 1. The first-order valence-electron chi connectivity index (χ1n) is 8.40. The van der Waals surface area contributed by atoms with Crippen molar-refractivity contribution in [2.45, 2.75) is 51.7 Å². The number of hydrogen-bond donors (Lipinski definition) is 2. The summed E-state index contributed by atoms with van der Waals surface area (Å²) in [6.45, 7) is 6.24. The Hall–Kier alpha value is -1.42. The number of anilines is 1. The Bertz CT molecular complexity index is 625. The van der Waals surface area contributed by atoms with E-state index in [-0.39, 0.29) is 18.1 Å². The Kier molecular flexibility index (Phi) is 5.00. The van der Waals surface area contributed by atoms with Gasteiger partial charge in [0.1, 0.15) is 36.4 Å². The highest BCUT2D eigenvalue weighted by molar-refractivity contribution is 7.16. The summed E-state index contributed by atoms with van der Waals surface area (Å²) >= 11 is 1.59. The first kappa shape index (κ1) is 16.4. The fourth-order valence-electron chi connectivity index (χ4n) is 3.70. The van der Waals surface area contributed by atoms with Gasteiger partial charge in [-0.15, -0.1) is 11.3 Å². The lowest BCUT2D eigenvalue weighted by molar-refractivity contribution is -0.907. The number of amides is 1.